The Bertz CT molecular complexity index is 248. The van der Waals surface area contributed by atoms with Gasteiger partial charge < -0.3 is 11.7 Å². The van der Waals surface area contributed by atoms with E-state index in [4.69, 9.17) is 5.73 Å². The van der Waals surface area contributed by atoms with E-state index in [1.807, 2.05) is 0 Å². The van der Waals surface area contributed by atoms with Crippen LogP contribution in [0.25, 0.3) is 0 Å². The number of rotatable bonds is 2. The summed E-state index contributed by atoms with van der Waals surface area (Å²) in [6, 6.07) is 0. The van der Waals surface area contributed by atoms with Gasteiger partial charge in [-0.25, -0.2) is 11.6 Å². The molecule has 0 aliphatic heterocycles. The molecule has 1 aliphatic carbocycles. The molecule has 1 atom stereocenters. The zero-order valence-electron chi connectivity index (χ0n) is 10.1. The van der Waals surface area contributed by atoms with Crippen LogP contribution < -0.4 is 5.73 Å². The first-order valence-corrected chi connectivity index (χ1v) is 5.22. The Morgan fingerprint density at radius 3 is 2.53 bits per heavy atom. The molecule has 1 rings (SSSR count). The van der Waals surface area contributed by atoms with Crippen LogP contribution in [-0.2, 0) is 21.1 Å². The molecule has 1 aliphatic rings. The maximum Gasteiger partial charge on any atom is 2.00 e. The van der Waals surface area contributed by atoms with Crippen molar-refractivity contribution in [1.29, 1.82) is 0 Å². The monoisotopic (exact) mass is 375 g/mol. The van der Waals surface area contributed by atoms with Crippen LogP contribution >= 0.6 is 0 Å². The van der Waals surface area contributed by atoms with Crippen LogP contribution in [0.15, 0.2) is 23.8 Å². The summed E-state index contributed by atoms with van der Waals surface area (Å²) < 4.78 is 0. The Hall–Kier alpha value is -0.00169. The minimum absolute atomic E-state index is 0. The van der Waals surface area contributed by atoms with E-state index in [0.717, 1.165) is 6.42 Å². The molecule has 0 fully saturated rings. The topological polar surface area (TPSA) is 26.0 Å². The molecule has 2 N–H and O–H groups in total. The Labute approximate surface area is 108 Å². The third-order valence-electron chi connectivity index (χ3n) is 3.10. The largest absolute Gasteiger partial charge is 2.00 e. The fourth-order valence-corrected chi connectivity index (χ4v) is 1.77. The first kappa shape index (κ1) is 15.0. The van der Waals surface area contributed by atoms with Crippen LogP contribution in [-0.4, -0.2) is 0 Å². The first-order valence-electron chi connectivity index (χ1n) is 5.22. The quantitative estimate of drug-likeness (QED) is 0.737. The van der Waals surface area contributed by atoms with Gasteiger partial charge in [0.05, 0.1) is 0 Å². The molecule has 0 amide bonds. The maximum atomic E-state index is 5.63. The summed E-state index contributed by atoms with van der Waals surface area (Å²) in [5.74, 6) is 2.01. The summed E-state index contributed by atoms with van der Waals surface area (Å²) in [7, 11) is 0. The average Bonchev–Trinajstić information content (AvgIpc) is 2.15. The minimum atomic E-state index is 0. The van der Waals surface area contributed by atoms with Crippen LogP contribution in [0.2, 0.25) is 0 Å². The molecule has 15 heavy (non-hydrogen) atoms. The van der Waals surface area contributed by atoms with E-state index < -0.39 is 0 Å². The van der Waals surface area contributed by atoms with Crippen LogP contribution in [0.1, 0.15) is 34.1 Å². The van der Waals surface area contributed by atoms with Crippen LogP contribution in [0.4, 0.5) is 0 Å². The molecule has 1 unspecified atom stereocenters. The molecule has 0 aromatic heterocycles. The van der Waals surface area contributed by atoms with Gasteiger partial charge >= 0.3 is 21.1 Å². The smallest absolute Gasteiger partial charge is 0.387 e. The predicted molar refractivity (Wildman–Crippen MR) is 62.2 cm³/mol. The van der Waals surface area contributed by atoms with Crippen molar-refractivity contribution in [1.82, 2.24) is 0 Å². The van der Waals surface area contributed by atoms with Gasteiger partial charge in [-0.15, -0.1) is 12.2 Å². The molecule has 84 valence electrons. The Kier molecular flexibility index (Phi) is 5.91. The Morgan fingerprint density at radius 2 is 2.07 bits per heavy atom. The van der Waals surface area contributed by atoms with Gasteiger partial charge in [0.1, 0.15) is 0 Å². The van der Waals surface area contributed by atoms with E-state index in [-0.39, 0.29) is 26.5 Å². The van der Waals surface area contributed by atoms with Crippen molar-refractivity contribution in [3.05, 3.63) is 36.3 Å². The van der Waals surface area contributed by atoms with Crippen molar-refractivity contribution >= 4 is 0 Å². The first-order chi connectivity index (χ1) is 6.46. The zero-order chi connectivity index (χ0) is 10.8. The number of hydrogen-bond donors (Lipinski definition) is 1. The van der Waals surface area contributed by atoms with Crippen LogP contribution in [0.5, 0.6) is 0 Å². The molecule has 0 saturated heterocycles. The summed E-state index contributed by atoms with van der Waals surface area (Å²) in [5, 5.41) is 0. The average molecular weight is 375 g/mol. The summed E-state index contributed by atoms with van der Waals surface area (Å²) in [5.41, 5.74) is 7.15. The summed E-state index contributed by atoms with van der Waals surface area (Å²) >= 11 is 0. The molecule has 0 bridgehead atoms. The molecule has 0 spiro atoms. The van der Waals surface area contributed by atoms with Crippen molar-refractivity contribution in [2.45, 2.75) is 34.1 Å². The second-order valence-electron chi connectivity index (χ2n) is 4.98. The van der Waals surface area contributed by atoms with Crippen molar-refractivity contribution in [3.8, 4) is 0 Å². The second kappa shape index (κ2) is 5.91. The fourth-order valence-electron chi connectivity index (χ4n) is 1.77. The Morgan fingerprint density at radius 1 is 1.47 bits per heavy atom. The molecular formula is C13H21NW. The second-order valence-corrected chi connectivity index (χ2v) is 4.98. The van der Waals surface area contributed by atoms with E-state index in [0.29, 0.717) is 5.92 Å². The molecule has 0 aromatic carbocycles. The minimum Gasteiger partial charge on any atom is -0.387 e. The zero-order valence-corrected chi connectivity index (χ0v) is 13.0. The fraction of sp³-hybridized carbons (Fsp3) is 0.538. The predicted octanol–water partition coefficient (Wildman–Crippen LogP) is 3.25. The van der Waals surface area contributed by atoms with Crippen molar-refractivity contribution in [3.63, 3.8) is 0 Å². The van der Waals surface area contributed by atoms with Gasteiger partial charge in [0.2, 0.25) is 0 Å². The molecular weight excluding hydrogens is 354 g/mol. The number of allylic oxidation sites excluding steroid dienone is 3. The maximum absolute atomic E-state index is 5.63. The van der Waals surface area contributed by atoms with Crippen LogP contribution in [0, 0.1) is 23.8 Å². The molecule has 0 radical (unpaired) electrons. The van der Waals surface area contributed by atoms with Gasteiger partial charge in [0.25, 0.3) is 0 Å². The van der Waals surface area contributed by atoms with E-state index >= 15 is 0 Å². The van der Waals surface area contributed by atoms with Crippen LogP contribution in [0.3, 0.4) is 0 Å². The third kappa shape index (κ3) is 3.81. The van der Waals surface area contributed by atoms with E-state index in [2.05, 4.69) is 45.9 Å². The van der Waals surface area contributed by atoms with Gasteiger partial charge in [0.15, 0.2) is 0 Å². The Balaban J connectivity index is 0.00000196. The van der Waals surface area contributed by atoms with Gasteiger partial charge in [-0.1, -0.05) is 27.2 Å². The van der Waals surface area contributed by atoms with Crippen molar-refractivity contribution in [2.75, 3.05) is 0 Å². The third-order valence-corrected chi connectivity index (χ3v) is 3.10. The van der Waals surface area contributed by atoms with Gasteiger partial charge in [-0.05, 0) is 0 Å². The molecule has 0 heterocycles. The molecule has 2 heteroatoms. The van der Waals surface area contributed by atoms with E-state index in [1.165, 1.54) is 11.5 Å². The van der Waals surface area contributed by atoms with Gasteiger partial charge in [0, 0.05) is 0 Å². The van der Waals surface area contributed by atoms with Crippen molar-refractivity contribution in [2.24, 2.45) is 17.1 Å². The van der Waals surface area contributed by atoms with Gasteiger partial charge in [-0.3, -0.25) is 0 Å². The molecule has 1 nitrogen and oxygen atoms in total. The molecule has 0 saturated carbocycles. The molecule has 0 aromatic rings. The number of hydrogen-bond acceptors (Lipinski definition) is 1. The van der Waals surface area contributed by atoms with E-state index in [1.54, 1.807) is 6.54 Å². The van der Waals surface area contributed by atoms with Crippen molar-refractivity contribution < 1.29 is 21.1 Å². The summed E-state index contributed by atoms with van der Waals surface area (Å²) in [6.45, 7) is 10.8. The SMILES string of the molecule is C[C-](C1CC=CC=C1[CH-]N)C(C)(C)C.[W+2]. The van der Waals surface area contributed by atoms with Gasteiger partial charge in [-0.2, -0.15) is 24.8 Å². The summed E-state index contributed by atoms with van der Waals surface area (Å²) in [4.78, 5) is 0. The normalized spacial score (nSPS) is 20.9. The standard InChI is InChI=1S/C13H21N.W/c1-10(13(2,3)4)12-8-6-5-7-11(12)9-14;/h5-7,9,12H,8,14H2,1-4H3;/q-2;+2. The summed E-state index contributed by atoms with van der Waals surface area (Å²) in [6.07, 6.45) is 7.50. The number of nitrogens with two attached hydrogens (primary N) is 1. The van der Waals surface area contributed by atoms with E-state index in [9.17, 15) is 0 Å².